The van der Waals surface area contributed by atoms with Crippen LogP contribution < -0.4 is 0 Å². The highest BCUT2D eigenvalue weighted by atomic mass is 16.6. The summed E-state index contributed by atoms with van der Waals surface area (Å²) in [5.41, 5.74) is 4.53. The highest BCUT2D eigenvalue weighted by molar-refractivity contribution is 5.89. The minimum Gasteiger partial charge on any atom is -0.465 e. The summed E-state index contributed by atoms with van der Waals surface area (Å²) in [4.78, 5) is 37.8. The van der Waals surface area contributed by atoms with E-state index >= 15 is 0 Å². The molecular formula is C33H40N4O4. The van der Waals surface area contributed by atoms with Crippen molar-refractivity contribution in [3.63, 3.8) is 0 Å². The van der Waals surface area contributed by atoms with E-state index in [9.17, 15) is 9.59 Å². The molecule has 1 aliphatic carbocycles. The van der Waals surface area contributed by atoms with Crippen molar-refractivity contribution in [1.82, 2.24) is 19.8 Å². The van der Waals surface area contributed by atoms with Crippen LogP contribution in [0.2, 0.25) is 0 Å². The van der Waals surface area contributed by atoms with Gasteiger partial charge in [-0.05, 0) is 87.9 Å². The van der Waals surface area contributed by atoms with E-state index in [0.717, 1.165) is 56.6 Å². The van der Waals surface area contributed by atoms with Crippen molar-refractivity contribution in [3.8, 4) is 11.1 Å². The SMILES string of the molecule is COC(=O)c1ccc(CN2CCC(CN(C(=O)OC(C)(C)C)C3CC3c3ccc(-c4cncnc4)cc3)CC2)cc1. The number of benzene rings is 2. The van der Waals surface area contributed by atoms with E-state index in [2.05, 4.69) is 39.1 Å². The first-order valence-electron chi connectivity index (χ1n) is 14.4. The number of methoxy groups -OCH3 is 1. The zero-order valence-electron chi connectivity index (χ0n) is 24.5. The molecule has 2 fully saturated rings. The van der Waals surface area contributed by atoms with Gasteiger partial charge in [0.15, 0.2) is 0 Å². The Balaban J connectivity index is 1.19. The summed E-state index contributed by atoms with van der Waals surface area (Å²) in [6, 6.07) is 16.3. The molecule has 41 heavy (non-hydrogen) atoms. The zero-order valence-corrected chi connectivity index (χ0v) is 24.5. The van der Waals surface area contributed by atoms with Crippen molar-refractivity contribution < 1.29 is 19.1 Å². The van der Waals surface area contributed by atoms with Crippen LogP contribution in [0.3, 0.4) is 0 Å². The number of aromatic nitrogens is 2. The van der Waals surface area contributed by atoms with Crippen molar-refractivity contribution in [2.24, 2.45) is 5.92 Å². The molecule has 2 atom stereocenters. The van der Waals surface area contributed by atoms with Crippen LogP contribution in [-0.2, 0) is 16.0 Å². The van der Waals surface area contributed by atoms with Crippen LogP contribution >= 0.6 is 0 Å². The Morgan fingerprint density at radius 3 is 2.22 bits per heavy atom. The Bertz CT molecular complexity index is 1310. The molecule has 5 rings (SSSR count). The largest absolute Gasteiger partial charge is 0.465 e. The summed E-state index contributed by atoms with van der Waals surface area (Å²) in [5, 5.41) is 0. The quantitative estimate of drug-likeness (QED) is 0.318. The van der Waals surface area contributed by atoms with E-state index in [1.165, 1.54) is 24.6 Å². The minimum atomic E-state index is -0.536. The Kier molecular flexibility index (Phi) is 8.68. The molecule has 1 saturated carbocycles. The summed E-state index contributed by atoms with van der Waals surface area (Å²) in [5.74, 6) is 0.433. The van der Waals surface area contributed by atoms with Crippen LogP contribution in [0.1, 0.15) is 67.4 Å². The van der Waals surface area contributed by atoms with Gasteiger partial charge in [-0.1, -0.05) is 36.4 Å². The predicted molar refractivity (Wildman–Crippen MR) is 157 cm³/mol. The monoisotopic (exact) mass is 556 g/mol. The second-order valence-electron chi connectivity index (χ2n) is 12.2. The highest BCUT2D eigenvalue weighted by Gasteiger charge is 2.46. The van der Waals surface area contributed by atoms with Crippen LogP contribution in [0.4, 0.5) is 4.79 Å². The molecule has 2 heterocycles. The van der Waals surface area contributed by atoms with Gasteiger partial charge in [0.05, 0.1) is 12.7 Å². The molecule has 1 aromatic heterocycles. The average Bonchev–Trinajstić information content (AvgIpc) is 3.77. The molecule has 8 heteroatoms. The van der Waals surface area contributed by atoms with E-state index in [-0.39, 0.29) is 18.1 Å². The first kappa shape index (κ1) is 28.7. The van der Waals surface area contributed by atoms with Gasteiger partial charge >= 0.3 is 12.1 Å². The standard InChI is InChI=1S/C33H40N4O4/c1-33(2,3)41-32(39)37(30-17-29(30)26-11-9-25(10-12-26)28-18-34-22-35-19-28)21-24-13-15-36(16-14-24)20-23-5-7-27(8-6-23)31(38)40-4/h5-12,18-19,22,24,29-30H,13-17,20-21H2,1-4H3. The summed E-state index contributed by atoms with van der Waals surface area (Å²) in [6.45, 7) is 9.30. The first-order valence-corrected chi connectivity index (χ1v) is 14.4. The summed E-state index contributed by atoms with van der Waals surface area (Å²) >= 11 is 0. The van der Waals surface area contributed by atoms with Crippen molar-refractivity contribution >= 4 is 12.1 Å². The maximum atomic E-state index is 13.4. The fourth-order valence-corrected chi connectivity index (χ4v) is 5.65. The number of ether oxygens (including phenoxy) is 2. The number of rotatable bonds is 8. The third-order valence-corrected chi connectivity index (χ3v) is 7.96. The van der Waals surface area contributed by atoms with Crippen molar-refractivity contribution in [3.05, 3.63) is 83.9 Å². The topological polar surface area (TPSA) is 84.9 Å². The molecule has 2 unspecified atom stereocenters. The number of carbonyl (C=O) groups excluding carboxylic acids is 2. The zero-order chi connectivity index (χ0) is 29.0. The van der Waals surface area contributed by atoms with E-state index in [1.807, 2.05) is 62.3 Å². The minimum absolute atomic E-state index is 0.155. The van der Waals surface area contributed by atoms with Gasteiger partial charge in [-0.2, -0.15) is 0 Å². The van der Waals surface area contributed by atoms with Gasteiger partial charge < -0.3 is 14.4 Å². The van der Waals surface area contributed by atoms with E-state index < -0.39 is 5.60 Å². The van der Waals surface area contributed by atoms with Gasteiger partial charge in [0.2, 0.25) is 0 Å². The normalized spacial score (nSPS) is 19.4. The lowest BCUT2D eigenvalue weighted by molar-refractivity contribution is 0.0170. The highest BCUT2D eigenvalue weighted by Crippen LogP contribution is 2.46. The van der Waals surface area contributed by atoms with Gasteiger partial charge in [0, 0.05) is 43.0 Å². The summed E-state index contributed by atoms with van der Waals surface area (Å²) in [6.07, 6.45) is 7.98. The van der Waals surface area contributed by atoms with E-state index in [1.54, 1.807) is 0 Å². The lowest BCUT2D eigenvalue weighted by Gasteiger charge is -2.36. The van der Waals surface area contributed by atoms with Gasteiger partial charge in [-0.3, -0.25) is 4.90 Å². The Labute approximate surface area is 242 Å². The summed E-state index contributed by atoms with van der Waals surface area (Å²) in [7, 11) is 1.40. The van der Waals surface area contributed by atoms with Gasteiger partial charge in [-0.15, -0.1) is 0 Å². The number of nitrogens with zero attached hydrogens (tertiary/aromatic N) is 4. The number of hydrogen-bond acceptors (Lipinski definition) is 7. The molecule has 1 saturated heterocycles. The Hall–Kier alpha value is -3.78. The average molecular weight is 557 g/mol. The molecule has 0 radical (unpaired) electrons. The summed E-state index contributed by atoms with van der Waals surface area (Å²) < 4.78 is 10.7. The molecule has 2 aliphatic rings. The van der Waals surface area contributed by atoms with Crippen LogP contribution in [0.5, 0.6) is 0 Å². The third kappa shape index (κ3) is 7.50. The van der Waals surface area contributed by atoms with Gasteiger partial charge in [0.1, 0.15) is 11.9 Å². The van der Waals surface area contributed by atoms with E-state index in [4.69, 9.17) is 9.47 Å². The van der Waals surface area contributed by atoms with Crippen molar-refractivity contribution in [1.29, 1.82) is 0 Å². The van der Waals surface area contributed by atoms with Crippen LogP contribution in [-0.4, -0.2) is 70.2 Å². The fourth-order valence-electron chi connectivity index (χ4n) is 5.65. The lowest BCUT2D eigenvalue weighted by Crippen LogP contribution is -2.44. The number of carbonyl (C=O) groups is 2. The number of likely N-dealkylation sites (tertiary alicyclic amines) is 1. The maximum Gasteiger partial charge on any atom is 0.410 e. The fraction of sp³-hybridized carbons (Fsp3) is 0.455. The number of piperidine rings is 1. The Morgan fingerprint density at radius 1 is 0.951 bits per heavy atom. The molecule has 2 aromatic carbocycles. The van der Waals surface area contributed by atoms with E-state index in [0.29, 0.717) is 17.4 Å². The third-order valence-electron chi connectivity index (χ3n) is 7.96. The second kappa shape index (κ2) is 12.4. The number of amides is 1. The molecule has 0 spiro atoms. The molecule has 1 aliphatic heterocycles. The van der Waals surface area contributed by atoms with Crippen LogP contribution in [0, 0.1) is 5.92 Å². The molecule has 0 bridgehead atoms. The lowest BCUT2D eigenvalue weighted by atomic mass is 9.95. The number of hydrogen-bond donors (Lipinski definition) is 0. The van der Waals surface area contributed by atoms with Gasteiger partial charge in [-0.25, -0.2) is 19.6 Å². The first-order chi connectivity index (χ1) is 19.7. The molecule has 0 N–H and O–H groups in total. The maximum absolute atomic E-state index is 13.4. The van der Waals surface area contributed by atoms with Crippen molar-refractivity contribution in [2.75, 3.05) is 26.7 Å². The van der Waals surface area contributed by atoms with Crippen molar-refractivity contribution in [2.45, 2.75) is 64.1 Å². The second-order valence-corrected chi connectivity index (χ2v) is 12.2. The Morgan fingerprint density at radius 2 is 1.61 bits per heavy atom. The number of esters is 1. The molecule has 216 valence electrons. The molecule has 3 aromatic rings. The van der Waals surface area contributed by atoms with Crippen LogP contribution in [0.15, 0.2) is 67.3 Å². The molecular weight excluding hydrogens is 516 g/mol. The predicted octanol–water partition coefficient (Wildman–Crippen LogP) is 5.94. The molecule has 8 nitrogen and oxygen atoms in total. The smallest absolute Gasteiger partial charge is 0.410 e. The van der Waals surface area contributed by atoms with Crippen LogP contribution in [0.25, 0.3) is 11.1 Å². The van der Waals surface area contributed by atoms with Gasteiger partial charge in [0.25, 0.3) is 0 Å². The molecule has 1 amide bonds.